The van der Waals surface area contributed by atoms with E-state index >= 15 is 0 Å². The molecule has 0 bridgehead atoms. The first-order valence-corrected chi connectivity index (χ1v) is 12.0. The molecular weight excluding hydrogens is 539 g/mol. The number of para-hydroxylation sites is 1. The van der Waals surface area contributed by atoms with Gasteiger partial charge < -0.3 is 20.4 Å². The molecule has 0 saturated carbocycles. The predicted octanol–water partition coefficient (Wildman–Crippen LogP) is 3.04. The fraction of sp³-hybridized carbons (Fsp3) is 0.652. The zero-order valence-electron chi connectivity index (χ0n) is 19.4. The Balaban J connectivity index is 0.00000363. The Bertz CT molecular complexity index is 741. The summed E-state index contributed by atoms with van der Waals surface area (Å²) in [5.74, 6) is 1.10. The Morgan fingerprint density at radius 3 is 2.59 bits per heavy atom. The zero-order chi connectivity index (χ0) is 22.1. The van der Waals surface area contributed by atoms with Crippen molar-refractivity contribution in [1.29, 1.82) is 0 Å². The fourth-order valence-corrected chi connectivity index (χ4v) is 4.50. The van der Waals surface area contributed by atoms with E-state index in [-0.39, 0.29) is 35.9 Å². The Kier molecular flexibility index (Phi) is 11.9. The predicted molar refractivity (Wildman–Crippen MR) is 145 cm³/mol. The molecule has 1 aromatic rings. The third-order valence-corrected chi connectivity index (χ3v) is 6.32. The van der Waals surface area contributed by atoms with Crippen LogP contribution in [0.15, 0.2) is 29.3 Å². The number of guanidine groups is 1. The highest BCUT2D eigenvalue weighted by Crippen LogP contribution is 2.26. The van der Waals surface area contributed by atoms with Crippen LogP contribution in [-0.4, -0.2) is 86.6 Å². The number of carbonyl (C=O) groups is 1. The number of benzene rings is 1. The molecule has 0 spiro atoms. The number of halogens is 2. The number of anilines is 1. The lowest BCUT2D eigenvalue weighted by atomic mass is 10.2. The van der Waals surface area contributed by atoms with Crippen molar-refractivity contribution in [2.75, 3.05) is 63.8 Å². The van der Waals surface area contributed by atoms with Crippen molar-refractivity contribution in [1.82, 2.24) is 20.4 Å². The fourth-order valence-electron chi connectivity index (χ4n) is 4.25. The van der Waals surface area contributed by atoms with Gasteiger partial charge in [-0.2, -0.15) is 0 Å². The molecule has 1 amide bonds. The first-order chi connectivity index (χ1) is 15.1. The largest absolute Gasteiger partial charge is 0.368 e. The molecular formula is C23H38ClIN6O. The molecule has 32 heavy (non-hydrogen) atoms. The topological polar surface area (TPSA) is 63.2 Å². The Hall–Kier alpha value is -1.26. The van der Waals surface area contributed by atoms with E-state index in [9.17, 15) is 4.79 Å². The van der Waals surface area contributed by atoms with E-state index in [2.05, 4.69) is 33.4 Å². The van der Waals surface area contributed by atoms with Crippen LogP contribution in [0.25, 0.3) is 0 Å². The van der Waals surface area contributed by atoms with Crippen molar-refractivity contribution in [2.45, 2.75) is 39.2 Å². The maximum absolute atomic E-state index is 11.9. The van der Waals surface area contributed by atoms with E-state index in [1.807, 2.05) is 30.0 Å². The summed E-state index contributed by atoms with van der Waals surface area (Å²) in [7, 11) is 0. The smallest absolute Gasteiger partial charge is 0.222 e. The van der Waals surface area contributed by atoms with Crippen LogP contribution in [0, 0.1) is 0 Å². The molecule has 1 atom stereocenters. The van der Waals surface area contributed by atoms with Crippen LogP contribution in [0.2, 0.25) is 5.02 Å². The quantitative estimate of drug-likeness (QED) is 0.216. The van der Waals surface area contributed by atoms with Crippen molar-refractivity contribution in [3.8, 4) is 0 Å². The van der Waals surface area contributed by atoms with E-state index in [0.29, 0.717) is 6.42 Å². The second-order valence-corrected chi connectivity index (χ2v) is 8.62. The van der Waals surface area contributed by atoms with Gasteiger partial charge in [-0.3, -0.25) is 14.7 Å². The van der Waals surface area contributed by atoms with Crippen LogP contribution in [0.3, 0.4) is 0 Å². The van der Waals surface area contributed by atoms with Crippen molar-refractivity contribution < 1.29 is 4.79 Å². The highest BCUT2D eigenvalue weighted by molar-refractivity contribution is 14.0. The number of nitrogens with zero attached hydrogens (tertiary/aromatic N) is 4. The van der Waals surface area contributed by atoms with Crippen molar-refractivity contribution in [3.05, 3.63) is 29.3 Å². The van der Waals surface area contributed by atoms with E-state index in [4.69, 9.17) is 16.6 Å². The average Bonchev–Trinajstić information content (AvgIpc) is 3.25. The summed E-state index contributed by atoms with van der Waals surface area (Å²) in [5.41, 5.74) is 1.14. The van der Waals surface area contributed by atoms with Crippen molar-refractivity contribution in [3.63, 3.8) is 0 Å². The standard InChI is InChI=1S/C23H37ClN6O.HI/c1-3-22(31)30-13-10-19(18-30)27-23(25-4-2)26-11-7-12-28-14-16-29(17-15-28)21-9-6-5-8-20(21)24;/h5-6,8-9,19H,3-4,7,10-18H2,1-2H3,(H2,25,26,27);1H. The molecule has 2 saturated heterocycles. The molecule has 180 valence electrons. The summed E-state index contributed by atoms with van der Waals surface area (Å²) in [4.78, 5) is 23.5. The lowest BCUT2D eigenvalue weighted by Crippen LogP contribution is -2.47. The average molecular weight is 577 g/mol. The van der Waals surface area contributed by atoms with Gasteiger partial charge in [0.1, 0.15) is 0 Å². The molecule has 2 N–H and O–H groups in total. The van der Waals surface area contributed by atoms with E-state index in [0.717, 1.165) is 88.4 Å². The highest BCUT2D eigenvalue weighted by atomic mass is 127. The first kappa shape index (κ1) is 27.0. The van der Waals surface area contributed by atoms with Crippen LogP contribution in [0.4, 0.5) is 5.69 Å². The van der Waals surface area contributed by atoms with Crippen LogP contribution >= 0.6 is 35.6 Å². The second-order valence-electron chi connectivity index (χ2n) is 8.22. The number of hydrogen-bond acceptors (Lipinski definition) is 4. The summed E-state index contributed by atoms with van der Waals surface area (Å²) in [6.45, 7) is 12.4. The number of amides is 1. The van der Waals surface area contributed by atoms with Gasteiger partial charge in [0.2, 0.25) is 5.91 Å². The second kappa shape index (κ2) is 14.1. The molecule has 0 aromatic heterocycles. The lowest BCUT2D eigenvalue weighted by Gasteiger charge is -2.36. The van der Waals surface area contributed by atoms with E-state index in [1.165, 1.54) is 0 Å². The number of likely N-dealkylation sites (tertiary alicyclic amines) is 1. The van der Waals surface area contributed by atoms with Gasteiger partial charge in [-0.05, 0) is 31.9 Å². The minimum atomic E-state index is 0. The number of rotatable bonds is 8. The van der Waals surface area contributed by atoms with Gasteiger partial charge in [-0.1, -0.05) is 30.7 Å². The number of aliphatic imine (C=N–C) groups is 1. The summed E-state index contributed by atoms with van der Waals surface area (Å²) in [5, 5.41) is 7.68. The maximum atomic E-state index is 11.9. The summed E-state index contributed by atoms with van der Waals surface area (Å²) >= 11 is 6.34. The summed E-state index contributed by atoms with van der Waals surface area (Å²) in [6.07, 6.45) is 2.59. The summed E-state index contributed by atoms with van der Waals surface area (Å²) < 4.78 is 0. The number of hydrogen-bond donors (Lipinski definition) is 2. The van der Waals surface area contributed by atoms with Crippen LogP contribution in [0.5, 0.6) is 0 Å². The molecule has 0 radical (unpaired) electrons. The van der Waals surface area contributed by atoms with Gasteiger partial charge in [-0.15, -0.1) is 24.0 Å². The van der Waals surface area contributed by atoms with Gasteiger partial charge in [0, 0.05) is 71.4 Å². The van der Waals surface area contributed by atoms with Gasteiger partial charge in [0.25, 0.3) is 0 Å². The minimum Gasteiger partial charge on any atom is -0.368 e. The lowest BCUT2D eigenvalue weighted by molar-refractivity contribution is -0.129. The molecule has 2 heterocycles. The monoisotopic (exact) mass is 576 g/mol. The zero-order valence-corrected chi connectivity index (χ0v) is 22.4. The van der Waals surface area contributed by atoms with Gasteiger partial charge in [0.05, 0.1) is 10.7 Å². The van der Waals surface area contributed by atoms with E-state index < -0.39 is 0 Å². The molecule has 7 nitrogen and oxygen atoms in total. The normalized spacial score (nSPS) is 19.6. The molecule has 9 heteroatoms. The molecule has 2 fully saturated rings. The highest BCUT2D eigenvalue weighted by Gasteiger charge is 2.25. The first-order valence-electron chi connectivity index (χ1n) is 11.6. The minimum absolute atomic E-state index is 0. The van der Waals surface area contributed by atoms with E-state index in [1.54, 1.807) is 0 Å². The third-order valence-electron chi connectivity index (χ3n) is 6.00. The number of carbonyl (C=O) groups excluding carboxylic acids is 1. The van der Waals surface area contributed by atoms with Crippen molar-refractivity contribution in [2.24, 2.45) is 4.99 Å². The third kappa shape index (κ3) is 7.95. The van der Waals surface area contributed by atoms with Crippen LogP contribution in [0.1, 0.15) is 33.1 Å². The Labute approximate surface area is 215 Å². The molecule has 2 aliphatic rings. The Morgan fingerprint density at radius 2 is 1.91 bits per heavy atom. The van der Waals surface area contributed by atoms with Crippen LogP contribution in [-0.2, 0) is 4.79 Å². The SMILES string of the molecule is CCNC(=NCCCN1CCN(c2ccccc2Cl)CC1)NC1CCN(C(=O)CC)C1.I. The molecule has 3 rings (SSSR count). The number of nitrogens with one attached hydrogen (secondary N) is 2. The Morgan fingerprint density at radius 1 is 1.16 bits per heavy atom. The van der Waals surface area contributed by atoms with Gasteiger partial charge in [-0.25, -0.2) is 0 Å². The van der Waals surface area contributed by atoms with Crippen molar-refractivity contribution >= 4 is 53.1 Å². The molecule has 2 aliphatic heterocycles. The number of piperazine rings is 1. The summed E-state index contributed by atoms with van der Waals surface area (Å²) in [6, 6.07) is 8.37. The molecule has 1 unspecified atom stereocenters. The maximum Gasteiger partial charge on any atom is 0.222 e. The molecule has 1 aromatic carbocycles. The molecule has 0 aliphatic carbocycles. The van der Waals surface area contributed by atoms with Gasteiger partial charge >= 0.3 is 0 Å². The van der Waals surface area contributed by atoms with Crippen LogP contribution < -0.4 is 15.5 Å². The van der Waals surface area contributed by atoms with Gasteiger partial charge in [0.15, 0.2) is 5.96 Å².